The van der Waals surface area contributed by atoms with Crippen LogP contribution in [0.1, 0.15) is 52.2 Å². The Bertz CT molecular complexity index is 1430. The molecular weight excluding hydrogens is 452 g/mol. The van der Waals surface area contributed by atoms with Crippen LogP contribution < -0.4 is 16.2 Å². The van der Waals surface area contributed by atoms with Crippen LogP contribution in [-0.2, 0) is 23.3 Å². The van der Waals surface area contributed by atoms with Gasteiger partial charge in [0.25, 0.3) is 11.5 Å². The highest BCUT2D eigenvalue weighted by Crippen LogP contribution is 2.42. The molecule has 1 atom stereocenters. The third-order valence-corrected chi connectivity index (χ3v) is 8.61. The Balaban J connectivity index is 1.41. The molecule has 3 aromatic heterocycles. The van der Waals surface area contributed by atoms with Crippen LogP contribution in [0.2, 0.25) is 0 Å². The number of hydrogen-bond donors (Lipinski definition) is 2. The number of pyridine rings is 1. The Morgan fingerprint density at radius 3 is 2.79 bits per heavy atom. The van der Waals surface area contributed by atoms with Crippen LogP contribution in [0.25, 0.3) is 10.2 Å². The van der Waals surface area contributed by atoms with Gasteiger partial charge in [0, 0.05) is 24.9 Å². The summed E-state index contributed by atoms with van der Waals surface area (Å²) in [4.78, 5) is 51.3. The number of fused-ring (bicyclic) bond motifs is 5. The summed E-state index contributed by atoms with van der Waals surface area (Å²) in [6.45, 7) is 1.86. The third kappa shape index (κ3) is 2.94. The van der Waals surface area contributed by atoms with E-state index in [4.69, 9.17) is 0 Å². The third-order valence-electron chi connectivity index (χ3n) is 7.45. The first-order chi connectivity index (χ1) is 16.3. The van der Waals surface area contributed by atoms with E-state index in [0.29, 0.717) is 23.6 Å². The summed E-state index contributed by atoms with van der Waals surface area (Å²) >= 11 is 1.60. The fourth-order valence-corrected chi connectivity index (χ4v) is 6.89. The summed E-state index contributed by atoms with van der Waals surface area (Å²) in [6.07, 6.45) is 6.25. The van der Waals surface area contributed by atoms with Gasteiger partial charge in [0.15, 0.2) is 0 Å². The van der Waals surface area contributed by atoms with Gasteiger partial charge in [-0.15, -0.1) is 11.3 Å². The van der Waals surface area contributed by atoms with E-state index in [1.165, 1.54) is 6.33 Å². The summed E-state index contributed by atoms with van der Waals surface area (Å²) in [5, 5.41) is 7.24. The lowest BCUT2D eigenvalue weighted by Crippen LogP contribution is -2.52. The molecule has 4 heterocycles. The Morgan fingerprint density at radius 1 is 1.29 bits per heavy atom. The minimum atomic E-state index is -0.595. The zero-order valence-corrected chi connectivity index (χ0v) is 20.2. The van der Waals surface area contributed by atoms with Crippen LogP contribution in [0.15, 0.2) is 17.2 Å². The highest BCUT2D eigenvalue weighted by atomic mass is 32.1. The molecule has 1 aliphatic heterocycles. The van der Waals surface area contributed by atoms with Crippen molar-refractivity contribution < 1.29 is 9.59 Å². The summed E-state index contributed by atoms with van der Waals surface area (Å²) in [6, 6.07) is 1.74. The number of amides is 2. The van der Waals surface area contributed by atoms with Gasteiger partial charge in [-0.25, -0.2) is 9.97 Å². The molecular formula is C24H26N6O3S. The number of nitrogens with one attached hydrogen (secondary N) is 2. The number of aromatic nitrogens is 3. The average Bonchev–Trinajstić information content (AvgIpc) is 3.32. The fraction of sp³-hybridized carbons (Fsp3) is 0.458. The quantitative estimate of drug-likeness (QED) is 0.599. The maximum Gasteiger partial charge on any atom is 0.276 e. The molecule has 2 aliphatic carbocycles. The SMILES string of the molecule is Cc1cc(Nc2ncnc3sc4c(c23)CCC(C(=O)N(C)C)C4)c(=O)n2c1C(=O)NC21CCC1. The summed E-state index contributed by atoms with van der Waals surface area (Å²) < 4.78 is 1.65. The second-order valence-corrected chi connectivity index (χ2v) is 10.9. The normalized spacial score (nSPS) is 20.0. The zero-order chi connectivity index (χ0) is 23.8. The average molecular weight is 479 g/mol. The molecule has 1 spiro atoms. The number of rotatable bonds is 3. The monoisotopic (exact) mass is 478 g/mol. The Kier molecular flexibility index (Phi) is 4.61. The highest BCUT2D eigenvalue weighted by molar-refractivity contribution is 7.19. The largest absolute Gasteiger partial charge is 0.349 e. The van der Waals surface area contributed by atoms with Crippen LogP contribution in [-0.4, -0.2) is 45.3 Å². The number of hydrogen-bond acceptors (Lipinski definition) is 7. The summed E-state index contributed by atoms with van der Waals surface area (Å²) in [5.74, 6) is 0.547. The van der Waals surface area contributed by atoms with Gasteiger partial charge in [0.05, 0.1) is 5.39 Å². The van der Waals surface area contributed by atoms with E-state index in [1.54, 1.807) is 41.0 Å². The van der Waals surface area contributed by atoms with E-state index in [0.717, 1.165) is 58.3 Å². The number of carbonyl (C=O) groups excluding carboxylic acids is 2. The lowest BCUT2D eigenvalue weighted by molar-refractivity contribution is -0.133. The Hall–Kier alpha value is -3.27. The lowest BCUT2D eigenvalue weighted by atomic mass is 9.85. The van der Waals surface area contributed by atoms with Crippen molar-refractivity contribution in [3.63, 3.8) is 0 Å². The minimum absolute atomic E-state index is 0.0207. The molecule has 34 heavy (non-hydrogen) atoms. The lowest BCUT2D eigenvalue weighted by Gasteiger charge is -2.39. The second-order valence-electron chi connectivity index (χ2n) is 9.77. The molecule has 1 fully saturated rings. The van der Waals surface area contributed by atoms with Gasteiger partial charge < -0.3 is 15.5 Å². The maximum absolute atomic E-state index is 13.5. The van der Waals surface area contributed by atoms with E-state index in [-0.39, 0.29) is 23.3 Å². The number of nitrogens with zero attached hydrogens (tertiary/aromatic N) is 4. The molecule has 0 aromatic carbocycles. The van der Waals surface area contributed by atoms with Crippen LogP contribution in [0.5, 0.6) is 0 Å². The number of thiophene rings is 1. The van der Waals surface area contributed by atoms with E-state index < -0.39 is 5.66 Å². The summed E-state index contributed by atoms with van der Waals surface area (Å²) in [7, 11) is 3.59. The predicted octanol–water partition coefficient (Wildman–Crippen LogP) is 2.68. The molecule has 1 unspecified atom stereocenters. The number of carbonyl (C=O) groups is 2. The van der Waals surface area contributed by atoms with Gasteiger partial charge in [-0.3, -0.25) is 19.0 Å². The maximum atomic E-state index is 13.5. The highest BCUT2D eigenvalue weighted by Gasteiger charge is 2.48. The van der Waals surface area contributed by atoms with Crippen molar-refractivity contribution in [3.05, 3.63) is 44.4 Å². The number of anilines is 2. The van der Waals surface area contributed by atoms with Gasteiger partial charge in [0.1, 0.15) is 34.0 Å². The smallest absolute Gasteiger partial charge is 0.276 e. The zero-order valence-electron chi connectivity index (χ0n) is 19.4. The molecule has 9 nitrogen and oxygen atoms in total. The standard InChI is InChI=1S/C24H26N6O3S/c1-12-9-15(23(33)30-18(12)20(31)28-24(30)7-4-8-24)27-19-17-14-6-5-13(22(32)29(2)3)10-16(14)34-21(17)26-11-25-19/h9,11,13H,4-8,10H2,1-3H3,(H,28,31)(H,25,26,27). The van der Waals surface area contributed by atoms with Gasteiger partial charge in [-0.05, 0) is 62.6 Å². The van der Waals surface area contributed by atoms with Crippen LogP contribution >= 0.6 is 11.3 Å². The predicted molar refractivity (Wildman–Crippen MR) is 130 cm³/mol. The van der Waals surface area contributed by atoms with Crippen LogP contribution in [0.4, 0.5) is 11.5 Å². The number of aryl methyl sites for hydroxylation is 2. The second kappa shape index (κ2) is 7.36. The molecule has 3 aromatic rings. The first kappa shape index (κ1) is 21.3. The first-order valence-electron chi connectivity index (χ1n) is 11.6. The Labute approximate surface area is 200 Å². The first-order valence-corrected chi connectivity index (χ1v) is 12.4. The fourth-order valence-electron chi connectivity index (χ4n) is 5.62. The van der Waals surface area contributed by atoms with Crippen molar-refractivity contribution in [2.75, 3.05) is 19.4 Å². The van der Waals surface area contributed by atoms with E-state index in [2.05, 4.69) is 20.6 Å². The molecule has 10 heteroatoms. The molecule has 1 saturated carbocycles. The van der Waals surface area contributed by atoms with Crippen molar-refractivity contribution >= 4 is 44.9 Å². The van der Waals surface area contributed by atoms with E-state index in [1.807, 2.05) is 6.92 Å². The molecule has 0 bridgehead atoms. The van der Waals surface area contributed by atoms with E-state index >= 15 is 0 Å². The topological polar surface area (TPSA) is 109 Å². The molecule has 0 radical (unpaired) electrons. The summed E-state index contributed by atoms with van der Waals surface area (Å²) in [5.41, 5.74) is 1.96. The van der Waals surface area contributed by atoms with Gasteiger partial charge in [-0.1, -0.05) is 0 Å². The molecule has 2 amide bonds. The van der Waals surface area contributed by atoms with Crippen molar-refractivity contribution in [2.45, 2.75) is 51.1 Å². The molecule has 176 valence electrons. The van der Waals surface area contributed by atoms with Crippen molar-refractivity contribution in [2.24, 2.45) is 5.92 Å². The van der Waals surface area contributed by atoms with Crippen molar-refractivity contribution in [1.29, 1.82) is 0 Å². The minimum Gasteiger partial charge on any atom is -0.349 e. The van der Waals surface area contributed by atoms with Crippen molar-refractivity contribution in [3.8, 4) is 0 Å². The van der Waals surface area contributed by atoms with Crippen molar-refractivity contribution in [1.82, 2.24) is 24.8 Å². The van der Waals surface area contributed by atoms with Crippen LogP contribution in [0.3, 0.4) is 0 Å². The van der Waals surface area contributed by atoms with Gasteiger partial charge >= 0.3 is 0 Å². The molecule has 2 N–H and O–H groups in total. The van der Waals surface area contributed by atoms with Gasteiger partial charge in [-0.2, -0.15) is 0 Å². The van der Waals surface area contributed by atoms with E-state index in [9.17, 15) is 14.4 Å². The molecule has 3 aliphatic rings. The van der Waals surface area contributed by atoms with Gasteiger partial charge in [0.2, 0.25) is 5.91 Å². The molecule has 0 saturated heterocycles. The molecule has 6 rings (SSSR count). The Morgan fingerprint density at radius 2 is 2.09 bits per heavy atom. The van der Waals surface area contributed by atoms with Crippen LogP contribution in [0, 0.1) is 12.8 Å².